The number of aromatic amines is 1. The number of para-hydroxylation sites is 2. The molecule has 0 saturated carbocycles. The van der Waals surface area contributed by atoms with E-state index in [0.29, 0.717) is 11.6 Å². The summed E-state index contributed by atoms with van der Waals surface area (Å²) in [7, 11) is 0. The molecule has 2 unspecified atom stereocenters. The highest BCUT2D eigenvalue weighted by atomic mass is 32.2. The number of pyridine rings is 1. The molecule has 1 fully saturated rings. The van der Waals surface area contributed by atoms with Gasteiger partial charge in [-0.2, -0.15) is 0 Å². The van der Waals surface area contributed by atoms with Crippen molar-refractivity contribution in [2.45, 2.75) is 24.8 Å². The first-order valence-electron chi connectivity index (χ1n) is 10.8. The quantitative estimate of drug-likeness (QED) is 0.511. The van der Waals surface area contributed by atoms with E-state index in [0.717, 1.165) is 49.3 Å². The summed E-state index contributed by atoms with van der Waals surface area (Å²) in [5, 5.41) is 8.14. The minimum atomic E-state index is -0.415. The monoisotopic (exact) mass is 452 g/mol. The fourth-order valence-corrected chi connectivity index (χ4v) is 5.32. The Morgan fingerprint density at radius 3 is 3.06 bits per heavy atom. The van der Waals surface area contributed by atoms with Crippen molar-refractivity contribution in [1.29, 1.82) is 0 Å². The Balaban J connectivity index is 1.07. The van der Waals surface area contributed by atoms with Crippen LogP contribution in [-0.4, -0.2) is 50.8 Å². The minimum Gasteiger partial charge on any atom is -0.368 e. The van der Waals surface area contributed by atoms with Crippen LogP contribution in [0.2, 0.25) is 0 Å². The van der Waals surface area contributed by atoms with Gasteiger partial charge < -0.3 is 20.5 Å². The van der Waals surface area contributed by atoms with Crippen molar-refractivity contribution in [3.8, 4) is 0 Å². The number of imidazole rings is 1. The first-order chi connectivity index (χ1) is 15.7. The van der Waals surface area contributed by atoms with Gasteiger partial charge in [-0.3, -0.25) is 9.78 Å². The Labute approximate surface area is 189 Å². The van der Waals surface area contributed by atoms with Crippen molar-refractivity contribution in [3.63, 3.8) is 0 Å². The lowest BCUT2D eigenvalue weighted by atomic mass is 10.1. The maximum atomic E-state index is 13.7. The molecule has 1 amide bonds. The van der Waals surface area contributed by atoms with Crippen molar-refractivity contribution in [3.05, 3.63) is 71.0 Å². The first kappa shape index (κ1) is 21.0. The predicted molar refractivity (Wildman–Crippen MR) is 123 cm³/mol. The van der Waals surface area contributed by atoms with Crippen molar-refractivity contribution in [1.82, 2.24) is 30.5 Å². The van der Waals surface area contributed by atoms with E-state index in [4.69, 9.17) is 0 Å². The second-order valence-corrected chi connectivity index (χ2v) is 9.16. The summed E-state index contributed by atoms with van der Waals surface area (Å²) in [6.07, 6.45) is 3.50. The van der Waals surface area contributed by atoms with Crippen molar-refractivity contribution >= 4 is 28.7 Å². The number of nitrogens with zero attached hydrogens (tertiary/aromatic N) is 3. The lowest BCUT2D eigenvalue weighted by Gasteiger charge is -2.20. The van der Waals surface area contributed by atoms with Crippen LogP contribution in [0.3, 0.4) is 0 Å². The molecular formula is C23H25FN6OS. The SMILES string of the molecule is O=C(NCc1ncccc1F)C1=CSC(C2CCN(CCc3nc4ccccc4[nH]3)C2)N1. The van der Waals surface area contributed by atoms with Crippen molar-refractivity contribution in [2.24, 2.45) is 5.92 Å². The number of hydrogen-bond acceptors (Lipinski definition) is 6. The third-order valence-electron chi connectivity index (χ3n) is 5.97. The zero-order valence-corrected chi connectivity index (χ0v) is 18.4. The van der Waals surface area contributed by atoms with E-state index >= 15 is 0 Å². The normalized spacial score (nSPS) is 21.0. The molecule has 9 heteroatoms. The van der Waals surface area contributed by atoms with Gasteiger partial charge in [-0.1, -0.05) is 12.1 Å². The standard InChI is InChI=1S/C23H25FN6OS/c24-16-4-3-9-25-19(16)12-26-22(31)20-14-32-23(29-20)15-7-10-30(13-15)11-8-21-27-17-5-1-2-6-18(17)28-21/h1-6,9,14-15,23,29H,7-8,10-13H2,(H,26,31)(H,27,28). The van der Waals surface area contributed by atoms with Crippen LogP contribution in [0.5, 0.6) is 0 Å². The molecule has 7 nitrogen and oxygen atoms in total. The third-order valence-corrected chi connectivity index (χ3v) is 7.13. The molecule has 4 heterocycles. The smallest absolute Gasteiger partial charge is 0.268 e. The second-order valence-electron chi connectivity index (χ2n) is 8.15. The largest absolute Gasteiger partial charge is 0.368 e. The number of benzene rings is 1. The predicted octanol–water partition coefficient (Wildman–Crippen LogP) is 2.78. The molecule has 2 aliphatic heterocycles. The molecule has 32 heavy (non-hydrogen) atoms. The number of halogens is 1. The molecule has 1 aromatic carbocycles. The number of nitrogens with one attached hydrogen (secondary N) is 3. The van der Waals surface area contributed by atoms with E-state index in [1.807, 2.05) is 29.7 Å². The number of carbonyl (C=O) groups excluding carboxylic acids is 1. The Morgan fingerprint density at radius 2 is 2.19 bits per heavy atom. The fourth-order valence-electron chi connectivity index (χ4n) is 4.22. The van der Waals surface area contributed by atoms with E-state index in [1.165, 1.54) is 18.3 Å². The van der Waals surface area contributed by atoms with Crippen LogP contribution in [0.4, 0.5) is 4.39 Å². The maximum Gasteiger partial charge on any atom is 0.268 e. The van der Waals surface area contributed by atoms with E-state index in [1.54, 1.807) is 11.8 Å². The van der Waals surface area contributed by atoms with Gasteiger partial charge in [0.05, 0.1) is 28.6 Å². The lowest BCUT2D eigenvalue weighted by Crippen LogP contribution is -2.37. The average Bonchev–Trinajstić information content (AvgIpc) is 3.55. The topological polar surface area (TPSA) is 85.9 Å². The summed E-state index contributed by atoms with van der Waals surface area (Å²) in [5.74, 6) is 0.838. The van der Waals surface area contributed by atoms with Crippen LogP contribution in [0.25, 0.3) is 11.0 Å². The van der Waals surface area contributed by atoms with E-state index in [9.17, 15) is 9.18 Å². The summed E-state index contributed by atoms with van der Waals surface area (Å²) in [6.45, 7) is 3.07. The van der Waals surface area contributed by atoms with Gasteiger partial charge in [0.1, 0.15) is 17.3 Å². The highest BCUT2D eigenvalue weighted by molar-refractivity contribution is 8.03. The molecular weight excluding hydrogens is 427 g/mol. The summed E-state index contributed by atoms with van der Waals surface area (Å²) < 4.78 is 13.7. The van der Waals surface area contributed by atoms with E-state index in [2.05, 4.69) is 30.5 Å². The van der Waals surface area contributed by atoms with Gasteiger partial charge in [-0.05, 0) is 37.2 Å². The van der Waals surface area contributed by atoms with Gasteiger partial charge in [0, 0.05) is 37.0 Å². The van der Waals surface area contributed by atoms with E-state index in [-0.39, 0.29) is 23.5 Å². The molecule has 2 atom stereocenters. The van der Waals surface area contributed by atoms with Gasteiger partial charge in [0.15, 0.2) is 0 Å². The molecule has 1 saturated heterocycles. The molecule has 166 valence electrons. The van der Waals surface area contributed by atoms with Gasteiger partial charge in [-0.25, -0.2) is 9.37 Å². The number of rotatable bonds is 7. The van der Waals surface area contributed by atoms with Crippen LogP contribution >= 0.6 is 11.8 Å². The summed E-state index contributed by atoms with van der Waals surface area (Å²) >= 11 is 1.65. The highest BCUT2D eigenvalue weighted by Gasteiger charge is 2.33. The summed E-state index contributed by atoms with van der Waals surface area (Å²) in [4.78, 5) is 27.0. The van der Waals surface area contributed by atoms with Crippen LogP contribution < -0.4 is 10.6 Å². The maximum absolute atomic E-state index is 13.7. The number of carbonyl (C=O) groups is 1. The summed E-state index contributed by atoms with van der Waals surface area (Å²) in [5.41, 5.74) is 2.86. The zero-order valence-electron chi connectivity index (χ0n) is 17.6. The number of aromatic nitrogens is 3. The minimum absolute atomic E-state index is 0.0683. The average molecular weight is 453 g/mol. The Kier molecular flexibility index (Phi) is 6.09. The van der Waals surface area contributed by atoms with Gasteiger partial charge >= 0.3 is 0 Å². The van der Waals surface area contributed by atoms with Crippen LogP contribution in [0.15, 0.2) is 53.7 Å². The molecule has 0 spiro atoms. The Hall–Kier alpha value is -2.91. The van der Waals surface area contributed by atoms with Crippen LogP contribution in [0, 0.1) is 11.7 Å². The van der Waals surface area contributed by atoms with Crippen molar-refractivity contribution in [2.75, 3.05) is 19.6 Å². The molecule has 2 aromatic heterocycles. The molecule has 0 aliphatic carbocycles. The Morgan fingerprint density at radius 1 is 1.28 bits per heavy atom. The fraction of sp³-hybridized carbons (Fsp3) is 0.348. The molecule has 2 aliphatic rings. The Bertz CT molecular complexity index is 1120. The molecule has 3 N–H and O–H groups in total. The molecule has 0 radical (unpaired) electrons. The molecule has 5 rings (SSSR count). The molecule has 3 aromatic rings. The van der Waals surface area contributed by atoms with E-state index < -0.39 is 5.82 Å². The zero-order chi connectivity index (χ0) is 21.9. The number of thioether (sulfide) groups is 1. The van der Waals surface area contributed by atoms with Gasteiger partial charge in [0.2, 0.25) is 0 Å². The second kappa shape index (κ2) is 9.30. The van der Waals surface area contributed by atoms with Gasteiger partial charge in [0.25, 0.3) is 5.91 Å². The van der Waals surface area contributed by atoms with Crippen LogP contribution in [0.1, 0.15) is 17.9 Å². The lowest BCUT2D eigenvalue weighted by molar-refractivity contribution is -0.118. The molecule has 0 bridgehead atoms. The first-order valence-corrected chi connectivity index (χ1v) is 11.8. The number of hydrogen-bond donors (Lipinski definition) is 3. The summed E-state index contributed by atoms with van der Waals surface area (Å²) in [6, 6.07) is 11.0. The van der Waals surface area contributed by atoms with Crippen molar-refractivity contribution < 1.29 is 9.18 Å². The van der Waals surface area contributed by atoms with Crippen LogP contribution in [-0.2, 0) is 17.8 Å². The number of H-pyrrole nitrogens is 1. The number of amides is 1. The highest BCUT2D eigenvalue weighted by Crippen LogP contribution is 2.32. The third kappa shape index (κ3) is 4.63. The number of fused-ring (bicyclic) bond motifs is 1. The number of likely N-dealkylation sites (tertiary alicyclic amines) is 1. The van der Waals surface area contributed by atoms with Gasteiger partial charge in [-0.15, -0.1) is 11.8 Å².